The lowest BCUT2D eigenvalue weighted by molar-refractivity contribution is -0.136. The van der Waals surface area contributed by atoms with E-state index in [0.717, 1.165) is 28.2 Å². The molecule has 0 N–H and O–H groups in total. The van der Waals surface area contributed by atoms with Gasteiger partial charge in [-0.05, 0) is 23.8 Å². The third-order valence-corrected chi connectivity index (χ3v) is 3.64. The molecule has 0 atom stereocenters. The Bertz CT molecular complexity index is 729. The zero-order valence-corrected chi connectivity index (χ0v) is 12.5. The molecule has 0 radical (unpaired) electrons. The molecule has 0 fully saturated rings. The van der Waals surface area contributed by atoms with Crippen LogP contribution in [0.25, 0.3) is 5.57 Å². The van der Waals surface area contributed by atoms with E-state index in [1.165, 1.54) is 7.11 Å². The smallest absolute Gasteiger partial charge is 0.337 e. The zero-order valence-electron chi connectivity index (χ0n) is 12.5. The van der Waals surface area contributed by atoms with Crippen LogP contribution in [0.5, 0.6) is 11.5 Å². The predicted molar refractivity (Wildman–Crippen MR) is 83.0 cm³/mol. The fourth-order valence-corrected chi connectivity index (χ4v) is 2.56. The number of carbonyl (C=O) groups is 1. The second-order valence-electron chi connectivity index (χ2n) is 4.86. The topological polar surface area (TPSA) is 44.8 Å². The molecule has 2 aromatic carbocycles. The number of para-hydroxylation sites is 1. The minimum atomic E-state index is -0.375. The van der Waals surface area contributed by atoms with Gasteiger partial charge in [-0.25, -0.2) is 4.79 Å². The molecule has 0 unspecified atom stereocenters. The summed E-state index contributed by atoms with van der Waals surface area (Å²) in [6, 6.07) is 15.3. The normalized spacial score (nSPS) is 13.2. The Balaban J connectivity index is 2.19. The van der Waals surface area contributed by atoms with E-state index in [1.54, 1.807) is 7.11 Å². The second kappa shape index (κ2) is 5.93. The van der Waals surface area contributed by atoms with Gasteiger partial charge in [0.25, 0.3) is 0 Å². The Hall–Kier alpha value is -2.75. The molecule has 0 saturated carbocycles. The lowest BCUT2D eigenvalue weighted by atomic mass is 9.91. The van der Waals surface area contributed by atoms with Crippen LogP contribution >= 0.6 is 0 Å². The van der Waals surface area contributed by atoms with Gasteiger partial charge in [0, 0.05) is 11.1 Å². The average molecular weight is 296 g/mol. The Morgan fingerprint density at radius 3 is 2.45 bits per heavy atom. The van der Waals surface area contributed by atoms with Gasteiger partial charge in [-0.2, -0.15) is 0 Å². The number of hydrogen-bond donors (Lipinski definition) is 0. The van der Waals surface area contributed by atoms with Gasteiger partial charge >= 0.3 is 5.97 Å². The summed E-state index contributed by atoms with van der Waals surface area (Å²) in [5, 5.41) is 0. The molecule has 1 aliphatic heterocycles. The van der Waals surface area contributed by atoms with Gasteiger partial charge in [-0.3, -0.25) is 0 Å². The van der Waals surface area contributed by atoms with Gasteiger partial charge in [0.1, 0.15) is 18.1 Å². The van der Waals surface area contributed by atoms with Gasteiger partial charge in [-0.1, -0.05) is 30.3 Å². The first kappa shape index (κ1) is 14.2. The molecule has 22 heavy (non-hydrogen) atoms. The van der Waals surface area contributed by atoms with Crippen molar-refractivity contribution in [1.82, 2.24) is 0 Å². The van der Waals surface area contributed by atoms with E-state index >= 15 is 0 Å². The quantitative estimate of drug-likeness (QED) is 0.817. The predicted octanol–water partition coefficient (Wildman–Crippen LogP) is 3.06. The Kier molecular flexibility index (Phi) is 3.83. The Morgan fingerprint density at radius 1 is 1.05 bits per heavy atom. The van der Waals surface area contributed by atoms with E-state index in [0.29, 0.717) is 5.57 Å². The number of carbonyl (C=O) groups excluding carboxylic acids is 1. The lowest BCUT2D eigenvalue weighted by Crippen LogP contribution is -2.19. The number of fused-ring (bicyclic) bond motifs is 1. The van der Waals surface area contributed by atoms with Crippen molar-refractivity contribution < 1.29 is 19.0 Å². The van der Waals surface area contributed by atoms with Crippen molar-refractivity contribution in [2.24, 2.45) is 0 Å². The van der Waals surface area contributed by atoms with E-state index in [2.05, 4.69) is 0 Å². The molecular weight excluding hydrogens is 280 g/mol. The number of hydrogen-bond acceptors (Lipinski definition) is 4. The molecular formula is C18H16O4. The first-order chi connectivity index (χ1) is 10.7. The van der Waals surface area contributed by atoms with Gasteiger partial charge in [-0.15, -0.1) is 0 Å². The second-order valence-corrected chi connectivity index (χ2v) is 4.86. The summed E-state index contributed by atoms with van der Waals surface area (Å²) >= 11 is 0. The molecule has 112 valence electrons. The molecule has 0 amide bonds. The first-order valence-corrected chi connectivity index (χ1v) is 6.92. The monoisotopic (exact) mass is 296 g/mol. The molecule has 4 heteroatoms. The first-order valence-electron chi connectivity index (χ1n) is 6.92. The number of benzene rings is 2. The minimum Gasteiger partial charge on any atom is -0.497 e. The third-order valence-electron chi connectivity index (χ3n) is 3.64. The number of esters is 1. The van der Waals surface area contributed by atoms with E-state index in [-0.39, 0.29) is 12.6 Å². The maximum absolute atomic E-state index is 12.1. The molecule has 0 saturated heterocycles. The molecule has 3 rings (SSSR count). The fraction of sp³-hybridized carbons (Fsp3) is 0.167. The average Bonchev–Trinajstić information content (AvgIpc) is 2.60. The van der Waals surface area contributed by atoms with Crippen molar-refractivity contribution >= 4 is 11.5 Å². The molecule has 0 aromatic heterocycles. The standard InChI is InChI=1S/C18H16O4/c1-20-13-9-7-12(8-10-13)17-14-5-3-4-6-16(14)22-11-15(17)18(19)21-2/h3-10H,11H2,1-2H3. The van der Waals surface area contributed by atoms with Crippen LogP contribution in [0.4, 0.5) is 0 Å². The van der Waals surface area contributed by atoms with Crippen LogP contribution in [-0.2, 0) is 9.53 Å². The maximum Gasteiger partial charge on any atom is 0.337 e. The summed E-state index contributed by atoms with van der Waals surface area (Å²) in [5.41, 5.74) is 3.18. The number of ether oxygens (including phenoxy) is 3. The van der Waals surface area contributed by atoms with Gasteiger partial charge < -0.3 is 14.2 Å². The summed E-state index contributed by atoms with van der Waals surface area (Å²) in [5.74, 6) is 1.16. The summed E-state index contributed by atoms with van der Waals surface area (Å²) in [6.07, 6.45) is 0. The number of rotatable bonds is 3. The van der Waals surface area contributed by atoms with Crippen molar-refractivity contribution in [2.75, 3.05) is 20.8 Å². The van der Waals surface area contributed by atoms with Crippen molar-refractivity contribution in [2.45, 2.75) is 0 Å². The van der Waals surface area contributed by atoms with Crippen molar-refractivity contribution in [3.05, 3.63) is 65.2 Å². The molecule has 1 aliphatic rings. The molecule has 4 nitrogen and oxygen atoms in total. The largest absolute Gasteiger partial charge is 0.497 e. The lowest BCUT2D eigenvalue weighted by Gasteiger charge is -2.23. The summed E-state index contributed by atoms with van der Waals surface area (Å²) in [4.78, 5) is 12.1. The Labute approximate surface area is 128 Å². The summed E-state index contributed by atoms with van der Waals surface area (Å²) in [6.45, 7) is 0.199. The van der Waals surface area contributed by atoms with Crippen LogP contribution < -0.4 is 9.47 Å². The van der Waals surface area contributed by atoms with Crippen LogP contribution in [0.2, 0.25) is 0 Å². The summed E-state index contributed by atoms with van der Waals surface area (Å²) < 4.78 is 15.8. The zero-order chi connectivity index (χ0) is 15.5. The third kappa shape index (κ3) is 2.44. The summed E-state index contributed by atoms with van der Waals surface area (Å²) in [7, 11) is 3.00. The van der Waals surface area contributed by atoms with Crippen LogP contribution in [0.1, 0.15) is 11.1 Å². The highest BCUT2D eigenvalue weighted by molar-refractivity contribution is 6.03. The van der Waals surface area contributed by atoms with Crippen LogP contribution in [-0.4, -0.2) is 26.8 Å². The van der Waals surface area contributed by atoms with Crippen molar-refractivity contribution in [1.29, 1.82) is 0 Å². The van der Waals surface area contributed by atoms with Crippen LogP contribution in [0.15, 0.2) is 54.1 Å². The van der Waals surface area contributed by atoms with Crippen LogP contribution in [0, 0.1) is 0 Å². The SMILES string of the molecule is COC(=O)C1=C(c2ccc(OC)cc2)c2ccccc2OC1. The highest BCUT2D eigenvalue weighted by Crippen LogP contribution is 2.37. The maximum atomic E-state index is 12.1. The minimum absolute atomic E-state index is 0.199. The molecule has 1 heterocycles. The highest BCUT2D eigenvalue weighted by atomic mass is 16.5. The molecule has 0 spiro atoms. The van der Waals surface area contributed by atoms with E-state index < -0.39 is 0 Å². The van der Waals surface area contributed by atoms with E-state index in [4.69, 9.17) is 14.2 Å². The highest BCUT2D eigenvalue weighted by Gasteiger charge is 2.26. The molecule has 0 bridgehead atoms. The van der Waals surface area contributed by atoms with E-state index in [9.17, 15) is 4.79 Å². The van der Waals surface area contributed by atoms with Gasteiger partial charge in [0.2, 0.25) is 0 Å². The number of methoxy groups -OCH3 is 2. The van der Waals surface area contributed by atoms with Crippen molar-refractivity contribution in [3.8, 4) is 11.5 Å². The fourth-order valence-electron chi connectivity index (χ4n) is 2.56. The van der Waals surface area contributed by atoms with Gasteiger partial charge in [0.15, 0.2) is 0 Å². The molecule has 2 aromatic rings. The van der Waals surface area contributed by atoms with Crippen molar-refractivity contribution in [3.63, 3.8) is 0 Å². The van der Waals surface area contributed by atoms with Gasteiger partial charge in [0.05, 0.1) is 19.8 Å². The van der Waals surface area contributed by atoms with E-state index in [1.807, 2.05) is 48.5 Å². The van der Waals surface area contributed by atoms with Crippen LogP contribution in [0.3, 0.4) is 0 Å². The Morgan fingerprint density at radius 2 is 1.77 bits per heavy atom. The molecule has 0 aliphatic carbocycles.